The highest BCUT2D eigenvalue weighted by molar-refractivity contribution is 9.09. The number of hydrogen-bond acceptors (Lipinski definition) is 0. The van der Waals surface area contributed by atoms with Gasteiger partial charge >= 0.3 is 0 Å². The molecule has 0 amide bonds. The van der Waals surface area contributed by atoms with Crippen molar-refractivity contribution in [3.05, 3.63) is 0 Å². The van der Waals surface area contributed by atoms with Crippen LogP contribution in [-0.2, 0) is 0 Å². The van der Waals surface area contributed by atoms with E-state index in [1.54, 1.807) is 0 Å². The van der Waals surface area contributed by atoms with Gasteiger partial charge < -0.3 is 0 Å². The van der Waals surface area contributed by atoms with Gasteiger partial charge in [0.1, 0.15) is 0 Å². The molecular formula is C2H4BrCl3. The van der Waals surface area contributed by atoms with Crippen LogP contribution in [0.1, 0.15) is 0 Å². The Morgan fingerprint density at radius 2 is 1.17 bits per heavy atom. The van der Waals surface area contributed by atoms with Crippen LogP contribution in [0.5, 0.6) is 0 Å². The molecule has 0 aromatic heterocycles. The summed E-state index contributed by atoms with van der Waals surface area (Å²) in [5.41, 5.74) is 0. The normalized spacial score (nSPS) is 6.00. The molecule has 6 heavy (non-hydrogen) atoms. The van der Waals surface area contributed by atoms with Gasteiger partial charge in [-0.05, 0) is 0 Å². The molecule has 0 radical (unpaired) electrons. The Hall–Kier alpha value is 1.35. The highest BCUT2D eigenvalue weighted by Crippen LogP contribution is 1.78. The summed E-state index contributed by atoms with van der Waals surface area (Å²) in [6, 6.07) is 0. The Kier molecular flexibility index (Phi) is 27.9. The summed E-state index contributed by atoms with van der Waals surface area (Å²) in [6.45, 7) is 0. The van der Waals surface area contributed by atoms with Crippen LogP contribution >= 0.6 is 50.7 Å². The van der Waals surface area contributed by atoms with Crippen molar-refractivity contribution in [1.82, 2.24) is 0 Å². The summed E-state index contributed by atoms with van der Waals surface area (Å²) in [5.74, 6) is 0. The molecule has 0 saturated heterocycles. The van der Waals surface area contributed by atoms with Crippen LogP contribution in [0.4, 0.5) is 0 Å². The zero-order valence-electron chi connectivity index (χ0n) is 2.93. The number of halogens is 4. The van der Waals surface area contributed by atoms with Gasteiger partial charge in [-0.25, -0.2) is 0 Å². The van der Waals surface area contributed by atoms with Crippen molar-refractivity contribution >= 4 is 50.7 Å². The van der Waals surface area contributed by atoms with Crippen LogP contribution < -0.4 is 0 Å². The van der Waals surface area contributed by atoms with Crippen molar-refractivity contribution in [2.45, 2.75) is 0 Å². The monoisotopic (exact) mass is 212 g/mol. The third-order valence-corrected chi connectivity index (χ3v) is 0. The van der Waals surface area contributed by atoms with Crippen molar-refractivity contribution in [2.75, 3.05) is 10.1 Å². The summed E-state index contributed by atoms with van der Waals surface area (Å²) in [6.07, 6.45) is 0. The average Bonchev–Trinajstić information content (AvgIpc) is 1.39. The van der Waals surface area contributed by atoms with Gasteiger partial charge in [-0.2, -0.15) is 0 Å². The maximum Gasteiger partial charge on any atom is 0.0967 e. The van der Waals surface area contributed by atoms with Crippen LogP contribution in [0, 0.1) is 0 Å². The molecular weight excluding hydrogens is 210 g/mol. The van der Waals surface area contributed by atoms with Crippen molar-refractivity contribution in [3.8, 4) is 0 Å². The summed E-state index contributed by atoms with van der Waals surface area (Å²) < 4.78 is 0. The van der Waals surface area contributed by atoms with Crippen molar-refractivity contribution in [3.63, 3.8) is 0 Å². The van der Waals surface area contributed by atoms with Gasteiger partial charge in [-0.1, -0.05) is 15.9 Å². The van der Waals surface area contributed by atoms with E-state index in [1.807, 2.05) is 0 Å². The minimum Gasteiger partial charge on any atom is -0.114 e. The first kappa shape index (κ1) is 10.4. The Bertz CT molecular complexity index is 10.8. The van der Waals surface area contributed by atoms with Crippen LogP contribution in [0.2, 0.25) is 0 Å². The van der Waals surface area contributed by atoms with Crippen LogP contribution in [-0.4, -0.2) is 10.1 Å². The van der Waals surface area contributed by atoms with E-state index in [4.69, 9.17) is 34.8 Å². The van der Waals surface area contributed by atoms with Gasteiger partial charge in [-0.3, -0.25) is 0 Å². The molecule has 0 bridgehead atoms. The maximum atomic E-state index is 4.92. The smallest absolute Gasteiger partial charge is 0.0967 e. The van der Waals surface area contributed by atoms with Crippen LogP contribution in [0.3, 0.4) is 0 Å². The van der Waals surface area contributed by atoms with E-state index in [2.05, 4.69) is 15.9 Å². The SMILES string of the molecule is ClCBr.ClCCl. The highest BCUT2D eigenvalue weighted by Gasteiger charge is 1.41. The molecule has 0 fully saturated rings. The fraction of sp³-hybridized carbons (Fsp3) is 1.00. The van der Waals surface area contributed by atoms with Crippen LogP contribution in [0.25, 0.3) is 0 Å². The second kappa shape index (κ2) is 16.2. The molecule has 0 aromatic rings. The Morgan fingerprint density at radius 3 is 1.17 bits per heavy atom. The summed E-state index contributed by atoms with van der Waals surface area (Å²) in [5, 5.41) is 0.194. The van der Waals surface area contributed by atoms with Gasteiger partial charge in [-0.15, -0.1) is 34.8 Å². The lowest BCUT2D eigenvalue weighted by atomic mass is 11.9. The van der Waals surface area contributed by atoms with Gasteiger partial charge in [0, 0.05) is 0 Å². The third kappa shape index (κ3) is 55.5. The van der Waals surface area contributed by atoms with E-state index in [0.29, 0.717) is 4.79 Å². The predicted molar refractivity (Wildman–Crippen MR) is 36.2 cm³/mol. The van der Waals surface area contributed by atoms with Gasteiger partial charge in [0.15, 0.2) is 0 Å². The second-order valence-corrected chi connectivity index (χ2v) is 2.48. The molecule has 0 unspecified atom stereocenters. The lowest BCUT2D eigenvalue weighted by Gasteiger charge is -1.42. The topological polar surface area (TPSA) is 0 Å². The summed E-state index contributed by atoms with van der Waals surface area (Å²) in [4.78, 5) is 0.535. The number of rotatable bonds is 0. The van der Waals surface area contributed by atoms with E-state index < -0.39 is 0 Å². The number of hydrogen-bond donors (Lipinski definition) is 0. The molecule has 0 aromatic carbocycles. The lowest BCUT2D eigenvalue weighted by molar-refractivity contribution is 2.20. The van der Waals surface area contributed by atoms with Gasteiger partial charge in [0.05, 0.1) is 10.1 Å². The molecule has 0 spiro atoms. The molecule has 40 valence electrons. The maximum absolute atomic E-state index is 4.92. The minimum atomic E-state index is 0.194. The zero-order chi connectivity index (χ0) is 5.41. The molecule has 4 heteroatoms. The molecule has 0 nitrogen and oxygen atoms in total. The first-order valence-electron chi connectivity index (χ1n) is 1.07. The molecule has 0 aliphatic carbocycles. The van der Waals surface area contributed by atoms with Gasteiger partial charge in [0.25, 0.3) is 0 Å². The van der Waals surface area contributed by atoms with E-state index in [1.165, 1.54) is 0 Å². The zero-order valence-corrected chi connectivity index (χ0v) is 6.78. The van der Waals surface area contributed by atoms with E-state index in [-0.39, 0.29) is 5.34 Å². The first-order chi connectivity index (χ1) is 2.83. The molecule has 0 rings (SSSR count). The van der Waals surface area contributed by atoms with E-state index in [0.717, 1.165) is 0 Å². The largest absolute Gasteiger partial charge is 0.114 e. The Morgan fingerprint density at radius 1 is 1.17 bits per heavy atom. The standard InChI is InChI=1S/CH2BrCl.CH2Cl2/c2*2-1-3/h2*1H2. The minimum absolute atomic E-state index is 0.194. The van der Waals surface area contributed by atoms with Crippen molar-refractivity contribution in [1.29, 1.82) is 0 Å². The van der Waals surface area contributed by atoms with Crippen molar-refractivity contribution < 1.29 is 0 Å². The van der Waals surface area contributed by atoms with Crippen molar-refractivity contribution in [2.24, 2.45) is 0 Å². The van der Waals surface area contributed by atoms with E-state index >= 15 is 0 Å². The second-order valence-electron chi connectivity index (χ2n) is 0.202. The Balaban J connectivity index is 0. The fourth-order valence-electron chi connectivity index (χ4n) is 0. The lowest BCUT2D eigenvalue weighted by Crippen LogP contribution is -1.24. The molecule has 0 saturated carbocycles. The van der Waals surface area contributed by atoms with E-state index in [9.17, 15) is 0 Å². The fourth-order valence-corrected chi connectivity index (χ4v) is 0. The van der Waals surface area contributed by atoms with Crippen LogP contribution in [0.15, 0.2) is 0 Å². The Labute approximate surface area is 60.9 Å². The first-order valence-corrected chi connectivity index (χ1v) is 3.79. The summed E-state index contributed by atoms with van der Waals surface area (Å²) in [7, 11) is 0. The summed E-state index contributed by atoms with van der Waals surface area (Å²) >= 11 is 17.4. The number of alkyl halides is 4. The molecule has 0 aliphatic heterocycles. The molecule has 0 atom stereocenters. The van der Waals surface area contributed by atoms with Gasteiger partial charge in [0.2, 0.25) is 0 Å². The average molecular weight is 214 g/mol. The molecule has 0 aliphatic rings. The quantitative estimate of drug-likeness (QED) is 0.544. The predicted octanol–water partition coefficient (Wildman–Crippen LogP) is 3.00. The molecule has 0 N–H and O–H groups in total. The molecule has 0 heterocycles. The highest BCUT2D eigenvalue weighted by atomic mass is 79.9. The third-order valence-electron chi connectivity index (χ3n) is 0.